The van der Waals surface area contributed by atoms with Crippen LogP contribution in [-0.2, 0) is 0 Å². The molecule has 6 nitrogen and oxygen atoms in total. The highest BCUT2D eigenvalue weighted by Gasteiger charge is 2.16. The molecule has 1 N–H and O–H groups in total. The van der Waals surface area contributed by atoms with E-state index in [0.29, 0.717) is 0 Å². The summed E-state index contributed by atoms with van der Waals surface area (Å²) < 4.78 is 5.16. The second kappa shape index (κ2) is 5.64. The van der Waals surface area contributed by atoms with E-state index in [9.17, 15) is 14.9 Å². The summed E-state index contributed by atoms with van der Waals surface area (Å²) in [5.41, 5.74) is -0.300. The summed E-state index contributed by atoms with van der Waals surface area (Å²) in [7, 11) is 0. The standard InChI is InChI=1S/C11H11NO5/c1-2-3-6-17-10-7-8(12(15)16)4-5-9(10)11(13)14/h2-5,7H,6H2,1H3,(H,13,14). The SMILES string of the molecule is CC=CCOc1cc([N+](=O)[O-])ccc1C(=O)O. The smallest absolute Gasteiger partial charge is 0.339 e. The molecule has 0 saturated carbocycles. The average molecular weight is 237 g/mol. The first kappa shape index (κ1) is 12.7. The zero-order chi connectivity index (χ0) is 12.8. The second-order valence-electron chi connectivity index (χ2n) is 3.12. The first-order valence-corrected chi connectivity index (χ1v) is 4.82. The van der Waals surface area contributed by atoms with Crippen molar-refractivity contribution in [3.8, 4) is 5.75 Å². The molecule has 0 atom stereocenters. The quantitative estimate of drug-likeness (QED) is 0.482. The van der Waals surface area contributed by atoms with Gasteiger partial charge in [0.15, 0.2) is 0 Å². The number of carboxylic acid groups (broad SMARTS) is 1. The molecular formula is C11H11NO5. The fourth-order valence-electron chi connectivity index (χ4n) is 1.15. The Morgan fingerprint density at radius 2 is 2.29 bits per heavy atom. The van der Waals surface area contributed by atoms with Gasteiger partial charge in [-0.25, -0.2) is 4.79 Å². The molecule has 0 aliphatic rings. The number of non-ortho nitro benzene ring substituents is 1. The van der Waals surface area contributed by atoms with Crippen molar-refractivity contribution < 1.29 is 19.6 Å². The van der Waals surface area contributed by atoms with E-state index < -0.39 is 10.9 Å². The summed E-state index contributed by atoms with van der Waals surface area (Å²) in [6.45, 7) is 1.95. The number of nitro groups is 1. The van der Waals surface area contributed by atoms with Gasteiger partial charge in [0.1, 0.15) is 17.9 Å². The van der Waals surface area contributed by atoms with Crippen LogP contribution in [0.5, 0.6) is 5.75 Å². The Morgan fingerprint density at radius 3 is 2.82 bits per heavy atom. The fraction of sp³-hybridized carbons (Fsp3) is 0.182. The van der Waals surface area contributed by atoms with Crippen LogP contribution in [0.25, 0.3) is 0 Å². The van der Waals surface area contributed by atoms with E-state index >= 15 is 0 Å². The summed E-state index contributed by atoms with van der Waals surface area (Å²) in [5.74, 6) is -1.19. The number of aromatic carboxylic acids is 1. The van der Waals surface area contributed by atoms with Crippen molar-refractivity contribution in [1.29, 1.82) is 0 Å². The van der Waals surface area contributed by atoms with Gasteiger partial charge >= 0.3 is 5.97 Å². The van der Waals surface area contributed by atoms with Crippen LogP contribution in [0.4, 0.5) is 5.69 Å². The molecule has 0 spiro atoms. The highest BCUT2D eigenvalue weighted by Crippen LogP contribution is 2.24. The molecular weight excluding hydrogens is 226 g/mol. The van der Waals surface area contributed by atoms with Gasteiger partial charge in [-0.15, -0.1) is 0 Å². The number of hydrogen-bond donors (Lipinski definition) is 1. The van der Waals surface area contributed by atoms with Crippen LogP contribution in [0.15, 0.2) is 30.4 Å². The molecule has 6 heteroatoms. The second-order valence-corrected chi connectivity index (χ2v) is 3.12. The van der Waals surface area contributed by atoms with Gasteiger partial charge in [0.2, 0.25) is 0 Å². The summed E-state index contributed by atoms with van der Waals surface area (Å²) in [6, 6.07) is 3.39. The molecule has 1 aromatic rings. The van der Waals surface area contributed by atoms with Gasteiger partial charge in [-0.05, 0) is 13.0 Å². The number of carboxylic acids is 1. The Hall–Kier alpha value is -2.37. The predicted octanol–water partition coefficient (Wildman–Crippen LogP) is 2.25. The van der Waals surface area contributed by atoms with Gasteiger partial charge in [-0.3, -0.25) is 10.1 Å². The third-order valence-corrected chi connectivity index (χ3v) is 1.98. The molecule has 0 aliphatic carbocycles. The van der Waals surface area contributed by atoms with Crippen LogP contribution in [0.2, 0.25) is 0 Å². The number of hydrogen-bond acceptors (Lipinski definition) is 4. The average Bonchev–Trinajstić information content (AvgIpc) is 2.28. The molecule has 0 aliphatic heterocycles. The van der Waals surface area contributed by atoms with E-state index in [0.717, 1.165) is 18.2 Å². The molecule has 0 amide bonds. The lowest BCUT2D eigenvalue weighted by atomic mass is 10.2. The van der Waals surface area contributed by atoms with E-state index in [-0.39, 0.29) is 23.6 Å². The van der Waals surface area contributed by atoms with Crippen molar-refractivity contribution in [1.82, 2.24) is 0 Å². The first-order valence-electron chi connectivity index (χ1n) is 4.82. The topological polar surface area (TPSA) is 89.7 Å². The summed E-state index contributed by atoms with van der Waals surface area (Å²) >= 11 is 0. The minimum Gasteiger partial charge on any atom is -0.488 e. The van der Waals surface area contributed by atoms with Gasteiger partial charge in [0, 0.05) is 6.07 Å². The number of allylic oxidation sites excluding steroid dienone is 1. The molecule has 0 heterocycles. The van der Waals surface area contributed by atoms with Crippen LogP contribution in [0, 0.1) is 10.1 Å². The van der Waals surface area contributed by atoms with E-state index in [1.807, 2.05) is 0 Å². The Labute approximate surface area is 97.3 Å². The van der Waals surface area contributed by atoms with Crippen LogP contribution in [0.3, 0.4) is 0 Å². The molecule has 0 unspecified atom stereocenters. The molecule has 90 valence electrons. The maximum atomic E-state index is 10.9. The van der Waals surface area contributed by atoms with E-state index in [1.54, 1.807) is 19.1 Å². The fourth-order valence-corrected chi connectivity index (χ4v) is 1.15. The highest BCUT2D eigenvalue weighted by molar-refractivity contribution is 5.91. The number of rotatable bonds is 5. The lowest BCUT2D eigenvalue weighted by Crippen LogP contribution is -2.04. The predicted molar refractivity (Wildman–Crippen MR) is 60.4 cm³/mol. The van der Waals surface area contributed by atoms with Gasteiger partial charge in [-0.2, -0.15) is 0 Å². The molecule has 0 bridgehead atoms. The monoisotopic (exact) mass is 237 g/mol. The summed E-state index contributed by atoms with van der Waals surface area (Å²) in [6.07, 6.45) is 3.41. The van der Waals surface area contributed by atoms with Crippen molar-refractivity contribution in [2.75, 3.05) is 6.61 Å². The zero-order valence-electron chi connectivity index (χ0n) is 9.12. The number of nitro benzene ring substituents is 1. The van der Waals surface area contributed by atoms with Gasteiger partial charge in [-0.1, -0.05) is 12.2 Å². The Morgan fingerprint density at radius 1 is 1.59 bits per heavy atom. The van der Waals surface area contributed by atoms with Gasteiger partial charge in [0.05, 0.1) is 11.0 Å². The van der Waals surface area contributed by atoms with E-state index in [4.69, 9.17) is 9.84 Å². The molecule has 0 radical (unpaired) electrons. The van der Waals surface area contributed by atoms with Crippen molar-refractivity contribution in [2.24, 2.45) is 0 Å². The molecule has 1 rings (SSSR count). The van der Waals surface area contributed by atoms with Crippen LogP contribution in [-0.4, -0.2) is 22.6 Å². The number of ether oxygens (including phenoxy) is 1. The maximum absolute atomic E-state index is 10.9. The van der Waals surface area contributed by atoms with Gasteiger partial charge in [0.25, 0.3) is 5.69 Å². The summed E-state index contributed by atoms with van der Waals surface area (Å²) in [5, 5.41) is 19.4. The van der Waals surface area contributed by atoms with Crippen LogP contribution in [0.1, 0.15) is 17.3 Å². The first-order chi connectivity index (χ1) is 8.06. The number of benzene rings is 1. The maximum Gasteiger partial charge on any atom is 0.339 e. The molecule has 0 aromatic heterocycles. The lowest BCUT2D eigenvalue weighted by Gasteiger charge is -2.06. The Kier molecular flexibility index (Phi) is 4.21. The number of nitrogens with zero attached hydrogens (tertiary/aromatic N) is 1. The third kappa shape index (κ3) is 3.30. The van der Waals surface area contributed by atoms with Crippen molar-refractivity contribution in [3.63, 3.8) is 0 Å². The van der Waals surface area contributed by atoms with Crippen molar-refractivity contribution in [2.45, 2.75) is 6.92 Å². The lowest BCUT2D eigenvalue weighted by molar-refractivity contribution is -0.384. The highest BCUT2D eigenvalue weighted by atomic mass is 16.6. The largest absolute Gasteiger partial charge is 0.488 e. The minimum absolute atomic E-state index is 0.00944. The van der Waals surface area contributed by atoms with Crippen LogP contribution < -0.4 is 4.74 Å². The molecule has 0 fully saturated rings. The minimum atomic E-state index is -1.18. The normalized spacial score (nSPS) is 10.4. The van der Waals surface area contributed by atoms with E-state index in [1.165, 1.54) is 0 Å². The van der Waals surface area contributed by atoms with Crippen LogP contribution >= 0.6 is 0 Å². The zero-order valence-corrected chi connectivity index (χ0v) is 9.12. The number of carbonyl (C=O) groups is 1. The van der Waals surface area contributed by atoms with Crippen molar-refractivity contribution in [3.05, 3.63) is 46.0 Å². The summed E-state index contributed by atoms with van der Waals surface area (Å²) in [4.78, 5) is 20.8. The Balaban J connectivity index is 3.06. The molecule has 17 heavy (non-hydrogen) atoms. The Bertz CT molecular complexity index is 467. The van der Waals surface area contributed by atoms with Gasteiger partial charge < -0.3 is 9.84 Å². The third-order valence-electron chi connectivity index (χ3n) is 1.98. The van der Waals surface area contributed by atoms with E-state index in [2.05, 4.69) is 0 Å². The molecule has 0 saturated heterocycles. The van der Waals surface area contributed by atoms with Crippen molar-refractivity contribution >= 4 is 11.7 Å². The molecule has 1 aromatic carbocycles.